The molecule has 0 aliphatic heterocycles. The number of carbonyl (C=O) groups excluding carboxylic acids is 2. The van der Waals surface area contributed by atoms with Gasteiger partial charge in [-0.15, -0.1) is 0 Å². The van der Waals surface area contributed by atoms with Gasteiger partial charge in [0.15, 0.2) is 0 Å². The van der Waals surface area contributed by atoms with Crippen LogP contribution in [-0.4, -0.2) is 25.0 Å². The average molecular weight is 328 g/mol. The van der Waals surface area contributed by atoms with Crippen LogP contribution in [0.4, 0.5) is 11.4 Å². The number of ether oxygens (including phenoxy) is 1. The molecule has 2 aromatic rings. The summed E-state index contributed by atoms with van der Waals surface area (Å²) in [6.07, 6.45) is 0.609. The Kier molecular flexibility index (Phi) is 7.65. The van der Waals surface area contributed by atoms with Gasteiger partial charge in [-0.2, -0.15) is 0 Å². The van der Waals surface area contributed by atoms with Crippen molar-refractivity contribution in [3.63, 3.8) is 0 Å². The van der Waals surface area contributed by atoms with E-state index < -0.39 is 0 Å². The summed E-state index contributed by atoms with van der Waals surface area (Å²) in [7, 11) is 1.71. The number of benzene rings is 2. The SMILES string of the molecule is COC(C)(C)C.O=CNc1ccc(NC(=O)c2ccccc2)cc1. The molecule has 128 valence electrons. The Morgan fingerprint density at radius 3 is 1.92 bits per heavy atom. The predicted octanol–water partition coefficient (Wildman–Crippen LogP) is 3.94. The molecule has 24 heavy (non-hydrogen) atoms. The summed E-state index contributed by atoms with van der Waals surface area (Å²) in [5, 5.41) is 5.30. The molecule has 0 bridgehead atoms. The molecule has 2 aromatic carbocycles. The zero-order valence-corrected chi connectivity index (χ0v) is 14.5. The minimum absolute atomic E-state index is 0.0417. The van der Waals surface area contributed by atoms with Crippen molar-refractivity contribution in [2.24, 2.45) is 0 Å². The highest BCUT2D eigenvalue weighted by molar-refractivity contribution is 6.04. The third-order valence-corrected chi connectivity index (χ3v) is 3.02. The van der Waals surface area contributed by atoms with E-state index in [-0.39, 0.29) is 11.5 Å². The van der Waals surface area contributed by atoms with Gasteiger partial charge < -0.3 is 15.4 Å². The molecule has 0 saturated heterocycles. The first-order valence-corrected chi connectivity index (χ1v) is 7.57. The van der Waals surface area contributed by atoms with Crippen LogP contribution in [0.5, 0.6) is 0 Å². The van der Waals surface area contributed by atoms with Crippen molar-refractivity contribution >= 4 is 23.7 Å². The normalized spacial score (nSPS) is 10.2. The summed E-state index contributed by atoms with van der Waals surface area (Å²) in [4.78, 5) is 22.1. The van der Waals surface area contributed by atoms with Crippen molar-refractivity contribution in [1.82, 2.24) is 0 Å². The number of amides is 2. The molecule has 0 fully saturated rings. The van der Waals surface area contributed by atoms with Gasteiger partial charge in [-0.25, -0.2) is 0 Å². The van der Waals surface area contributed by atoms with Crippen LogP contribution in [0.2, 0.25) is 0 Å². The second-order valence-electron chi connectivity index (χ2n) is 5.98. The highest BCUT2D eigenvalue weighted by atomic mass is 16.5. The molecule has 0 aliphatic rings. The first kappa shape index (κ1) is 19.4. The summed E-state index contributed by atoms with van der Waals surface area (Å²) < 4.78 is 4.94. The van der Waals surface area contributed by atoms with Gasteiger partial charge in [0.2, 0.25) is 6.41 Å². The number of anilines is 2. The zero-order chi connectivity index (χ0) is 18.0. The van der Waals surface area contributed by atoms with Crippen molar-refractivity contribution < 1.29 is 14.3 Å². The monoisotopic (exact) mass is 328 g/mol. The minimum Gasteiger partial charge on any atom is -0.379 e. The Balaban J connectivity index is 0.000000413. The van der Waals surface area contributed by atoms with Gasteiger partial charge >= 0.3 is 0 Å². The van der Waals surface area contributed by atoms with E-state index in [9.17, 15) is 9.59 Å². The van der Waals surface area contributed by atoms with Crippen molar-refractivity contribution in [1.29, 1.82) is 0 Å². The molecular formula is C19H24N2O3. The van der Waals surface area contributed by atoms with Gasteiger partial charge in [0.05, 0.1) is 5.60 Å². The molecule has 0 saturated carbocycles. The van der Waals surface area contributed by atoms with Crippen LogP contribution in [-0.2, 0) is 9.53 Å². The molecule has 0 heterocycles. The van der Waals surface area contributed by atoms with Crippen molar-refractivity contribution in [2.45, 2.75) is 26.4 Å². The van der Waals surface area contributed by atoms with E-state index in [0.717, 1.165) is 0 Å². The van der Waals surface area contributed by atoms with Crippen LogP contribution in [0.3, 0.4) is 0 Å². The maximum atomic E-state index is 11.8. The van der Waals surface area contributed by atoms with E-state index >= 15 is 0 Å². The zero-order valence-electron chi connectivity index (χ0n) is 14.5. The molecule has 0 atom stereocenters. The van der Waals surface area contributed by atoms with Crippen LogP contribution >= 0.6 is 0 Å². The van der Waals surface area contributed by atoms with E-state index in [4.69, 9.17) is 4.74 Å². The number of nitrogens with one attached hydrogen (secondary N) is 2. The lowest BCUT2D eigenvalue weighted by molar-refractivity contribution is -0.105. The Morgan fingerprint density at radius 1 is 0.958 bits per heavy atom. The summed E-state index contributed by atoms with van der Waals surface area (Å²) in [5.41, 5.74) is 2.01. The largest absolute Gasteiger partial charge is 0.379 e. The maximum Gasteiger partial charge on any atom is 0.255 e. The molecule has 0 aliphatic carbocycles. The number of rotatable bonds is 4. The Bertz CT molecular complexity index is 632. The second kappa shape index (κ2) is 9.47. The summed E-state index contributed by atoms with van der Waals surface area (Å²) in [6.45, 7) is 6.06. The highest BCUT2D eigenvalue weighted by Crippen LogP contribution is 2.14. The van der Waals surface area contributed by atoms with Crippen LogP contribution < -0.4 is 10.6 Å². The van der Waals surface area contributed by atoms with Gasteiger partial charge in [-0.05, 0) is 57.2 Å². The number of hydrogen-bond donors (Lipinski definition) is 2. The molecular weight excluding hydrogens is 304 g/mol. The number of methoxy groups -OCH3 is 1. The Labute approximate surface area is 143 Å². The van der Waals surface area contributed by atoms with Crippen LogP contribution in [0.25, 0.3) is 0 Å². The average Bonchev–Trinajstić information content (AvgIpc) is 2.57. The summed E-state index contributed by atoms with van der Waals surface area (Å²) in [6, 6.07) is 15.9. The van der Waals surface area contributed by atoms with Gasteiger partial charge in [-0.3, -0.25) is 9.59 Å². The lowest BCUT2D eigenvalue weighted by Gasteiger charge is -2.14. The van der Waals surface area contributed by atoms with Crippen molar-refractivity contribution in [3.05, 3.63) is 60.2 Å². The van der Waals surface area contributed by atoms with E-state index in [1.807, 2.05) is 39.0 Å². The topological polar surface area (TPSA) is 67.4 Å². The van der Waals surface area contributed by atoms with E-state index in [2.05, 4.69) is 10.6 Å². The third-order valence-electron chi connectivity index (χ3n) is 3.02. The smallest absolute Gasteiger partial charge is 0.255 e. The molecule has 0 spiro atoms. The third kappa shape index (κ3) is 7.56. The van der Waals surface area contributed by atoms with Crippen molar-refractivity contribution in [2.75, 3.05) is 17.7 Å². The fraction of sp³-hybridized carbons (Fsp3) is 0.263. The molecule has 2 amide bonds. The standard InChI is InChI=1S/C14H12N2O2.C5H12O/c17-10-15-12-6-8-13(9-7-12)16-14(18)11-4-2-1-3-5-11;1-5(2,3)6-4/h1-10H,(H,15,17)(H,16,18);1-4H3. The molecule has 2 rings (SSSR count). The predicted molar refractivity (Wildman–Crippen MR) is 97.3 cm³/mol. The summed E-state index contributed by atoms with van der Waals surface area (Å²) >= 11 is 0. The first-order chi connectivity index (χ1) is 11.4. The van der Waals surface area contributed by atoms with Crippen LogP contribution in [0.15, 0.2) is 54.6 Å². The van der Waals surface area contributed by atoms with E-state index in [1.54, 1.807) is 43.5 Å². The van der Waals surface area contributed by atoms with E-state index in [1.165, 1.54) is 0 Å². The fourth-order valence-electron chi connectivity index (χ4n) is 1.51. The number of hydrogen-bond acceptors (Lipinski definition) is 3. The van der Waals surface area contributed by atoms with Crippen LogP contribution in [0.1, 0.15) is 31.1 Å². The quantitative estimate of drug-likeness (QED) is 0.835. The molecule has 5 nitrogen and oxygen atoms in total. The second-order valence-corrected chi connectivity index (χ2v) is 5.98. The molecule has 5 heteroatoms. The molecule has 0 aromatic heterocycles. The van der Waals surface area contributed by atoms with Crippen LogP contribution in [0, 0.1) is 0 Å². The lowest BCUT2D eigenvalue weighted by Crippen LogP contribution is -2.15. The molecule has 0 unspecified atom stereocenters. The summed E-state index contributed by atoms with van der Waals surface area (Å²) in [5.74, 6) is -0.160. The fourth-order valence-corrected chi connectivity index (χ4v) is 1.51. The van der Waals surface area contributed by atoms with Gasteiger partial charge in [0.25, 0.3) is 5.91 Å². The Hall–Kier alpha value is -2.66. The first-order valence-electron chi connectivity index (χ1n) is 7.57. The van der Waals surface area contributed by atoms with Crippen molar-refractivity contribution in [3.8, 4) is 0 Å². The van der Waals surface area contributed by atoms with Gasteiger partial charge in [0.1, 0.15) is 0 Å². The minimum atomic E-state index is -0.160. The Morgan fingerprint density at radius 2 is 1.46 bits per heavy atom. The van der Waals surface area contributed by atoms with Gasteiger partial charge in [0, 0.05) is 24.0 Å². The number of carbonyl (C=O) groups is 2. The lowest BCUT2D eigenvalue weighted by atomic mass is 10.2. The van der Waals surface area contributed by atoms with Gasteiger partial charge in [-0.1, -0.05) is 18.2 Å². The molecule has 0 radical (unpaired) electrons. The molecule has 2 N–H and O–H groups in total. The highest BCUT2D eigenvalue weighted by Gasteiger charge is 2.05. The van der Waals surface area contributed by atoms with E-state index in [0.29, 0.717) is 23.3 Å². The maximum absolute atomic E-state index is 11.8.